The monoisotopic (exact) mass is 268 g/mol. The Labute approximate surface area is 110 Å². The zero-order valence-corrected chi connectivity index (χ0v) is 11.1. The summed E-state index contributed by atoms with van der Waals surface area (Å²) in [6.45, 7) is 5.02. The normalized spacial score (nSPS) is 11.9. The van der Waals surface area contributed by atoms with Crippen LogP contribution >= 0.6 is 0 Å². The van der Waals surface area contributed by atoms with Gasteiger partial charge in [-0.1, -0.05) is 6.92 Å². The zero-order valence-electron chi connectivity index (χ0n) is 11.1. The Bertz CT molecular complexity index is 550. The summed E-state index contributed by atoms with van der Waals surface area (Å²) >= 11 is 0. The van der Waals surface area contributed by atoms with Crippen molar-refractivity contribution in [3.05, 3.63) is 38.3 Å². The molecule has 0 amide bonds. The Morgan fingerprint density at radius 2 is 2.16 bits per heavy atom. The maximum Gasteiger partial charge on any atom is 0.328 e. The number of aromatic nitrogens is 1. The fourth-order valence-corrected chi connectivity index (χ4v) is 1.74. The van der Waals surface area contributed by atoms with Gasteiger partial charge in [0, 0.05) is 12.1 Å². The molecule has 0 radical (unpaired) electrons. The SMILES string of the molecule is CCCOC(=O)C(C)n1c(C)c([N+](=O)[O-])ccc1=O. The molecule has 1 heterocycles. The number of nitrogens with zero attached hydrogens (tertiary/aromatic N) is 2. The molecule has 0 saturated carbocycles. The third-order valence-corrected chi connectivity index (χ3v) is 2.73. The fourth-order valence-electron chi connectivity index (χ4n) is 1.74. The predicted molar refractivity (Wildman–Crippen MR) is 68.1 cm³/mol. The molecule has 1 atom stereocenters. The van der Waals surface area contributed by atoms with Crippen LogP contribution in [0.1, 0.15) is 32.0 Å². The minimum absolute atomic E-state index is 0.137. The predicted octanol–water partition coefficient (Wildman–Crippen LogP) is 1.58. The largest absolute Gasteiger partial charge is 0.464 e. The van der Waals surface area contributed by atoms with Crippen LogP contribution in [0.4, 0.5) is 5.69 Å². The van der Waals surface area contributed by atoms with Gasteiger partial charge in [0.2, 0.25) is 0 Å². The minimum atomic E-state index is -0.890. The van der Waals surface area contributed by atoms with E-state index in [1.807, 2.05) is 6.92 Å². The molecule has 0 aliphatic carbocycles. The van der Waals surface area contributed by atoms with Crippen molar-refractivity contribution in [2.24, 2.45) is 0 Å². The first-order chi connectivity index (χ1) is 8.90. The molecule has 0 saturated heterocycles. The van der Waals surface area contributed by atoms with E-state index in [0.29, 0.717) is 6.42 Å². The van der Waals surface area contributed by atoms with Crippen LogP contribution in [0.15, 0.2) is 16.9 Å². The molecule has 1 aromatic heterocycles. The third-order valence-electron chi connectivity index (χ3n) is 2.73. The number of carbonyl (C=O) groups excluding carboxylic acids is 1. The quantitative estimate of drug-likeness (QED) is 0.459. The topological polar surface area (TPSA) is 91.4 Å². The van der Waals surface area contributed by atoms with E-state index in [0.717, 1.165) is 16.7 Å². The number of carbonyl (C=O) groups is 1. The molecule has 7 nitrogen and oxygen atoms in total. The fraction of sp³-hybridized carbons (Fsp3) is 0.500. The molecule has 0 aromatic carbocycles. The van der Waals surface area contributed by atoms with Gasteiger partial charge >= 0.3 is 5.97 Å². The number of hydrogen-bond acceptors (Lipinski definition) is 5. The van der Waals surface area contributed by atoms with Crippen molar-refractivity contribution in [2.45, 2.75) is 33.2 Å². The average molecular weight is 268 g/mol. The maximum atomic E-state index is 11.8. The van der Waals surface area contributed by atoms with Crippen LogP contribution in [0.2, 0.25) is 0 Å². The molecular weight excluding hydrogens is 252 g/mol. The van der Waals surface area contributed by atoms with Gasteiger partial charge in [0.25, 0.3) is 11.2 Å². The smallest absolute Gasteiger partial charge is 0.328 e. The molecule has 1 aromatic rings. The number of nitro groups is 1. The summed E-state index contributed by atoms with van der Waals surface area (Å²) in [5, 5.41) is 10.8. The van der Waals surface area contributed by atoms with Gasteiger partial charge < -0.3 is 4.74 Å². The summed E-state index contributed by atoms with van der Waals surface area (Å²) in [7, 11) is 0. The minimum Gasteiger partial charge on any atom is -0.464 e. The first-order valence-corrected chi connectivity index (χ1v) is 5.93. The van der Waals surface area contributed by atoms with Crippen LogP contribution in [-0.2, 0) is 9.53 Å². The Morgan fingerprint density at radius 3 is 2.68 bits per heavy atom. The second-order valence-electron chi connectivity index (χ2n) is 4.11. The van der Waals surface area contributed by atoms with Crippen molar-refractivity contribution in [3.63, 3.8) is 0 Å². The van der Waals surface area contributed by atoms with Gasteiger partial charge in [-0.3, -0.25) is 19.5 Å². The molecule has 19 heavy (non-hydrogen) atoms. The molecule has 0 aliphatic rings. The highest BCUT2D eigenvalue weighted by Crippen LogP contribution is 2.18. The number of rotatable bonds is 5. The van der Waals surface area contributed by atoms with E-state index >= 15 is 0 Å². The van der Waals surface area contributed by atoms with Gasteiger partial charge in [-0.2, -0.15) is 0 Å². The summed E-state index contributed by atoms with van der Waals surface area (Å²) < 4.78 is 6.03. The van der Waals surface area contributed by atoms with E-state index in [9.17, 15) is 19.7 Å². The maximum absolute atomic E-state index is 11.8. The van der Waals surface area contributed by atoms with Crippen molar-refractivity contribution >= 4 is 11.7 Å². The van der Waals surface area contributed by atoms with E-state index in [-0.39, 0.29) is 18.0 Å². The Morgan fingerprint density at radius 1 is 1.53 bits per heavy atom. The van der Waals surface area contributed by atoms with E-state index in [1.165, 1.54) is 13.8 Å². The van der Waals surface area contributed by atoms with E-state index in [4.69, 9.17) is 4.74 Å². The molecular formula is C12H16N2O5. The molecule has 0 aliphatic heterocycles. The van der Waals surface area contributed by atoms with Gasteiger partial charge in [0.05, 0.1) is 17.2 Å². The van der Waals surface area contributed by atoms with Crippen LogP contribution in [0.5, 0.6) is 0 Å². The average Bonchev–Trinajstić information content (AvgIpc) is 2.35. The highest BCUT2D eigenvalue weighted by molar-refractivity contribution is 5.74. The summed E-state index contributed by atoms with van der Waals surface area (Å²) in [4.78, 5) is 33.7. The first kappa shape index (κ1) is 14.9. The molecule has 0 fully saturated rings. The van der Waals surface area contributed by atoms with Crippen LogP contribution in [-0.4, -0.2) is 22.1 Å². The number of pyridine rings is 1. The van der Waals surface area contributed by atoms with E-state index in [1.54, 1.807) is 0 Å². The van der Waals surface area contributed by atoms with Crippen LogP contribution in [0.25, 0.3) is 0 Å². The highest BCUT2D eigenvalue weighted by Gasteiger charge is 2.23. The van der Waals surface area contributed by atoms with Crippen molar-refractivity contribution in [3.8, 4) is 0 Å². The Kier molecular flexibility index (Phi) is 4.80. The van der Waals surface area contributed by atoms with E-state index in [2.05, 4.69) is 0 Å². The lowest BCUT2D eigenvalue weighted by atomic mass is 10.2. The van der Waals surface area contributed by atoms with Gasteiger partial charge in [0.1, 0.15) is 6.04 Å². The molecule has 1 rings (SSSR count). The molecule has 7 heteroatoms. The summed E-state index contributed by atoms with van der Waals surface area (Å²) in [5.41, 5.74) is -0.530. The molecule has 0 spiro atoms. The molecule has 0 N–H and O–H groups in total. The van der Waals surface area contributed by atoms with Gasteiger partial charge in [-0.25, -0.2) is 4.79 Å². The highest BCUT2D eigenvalue weighted by atomic mass is 16.6. The van der Waals surface area contributed by atoms with Crippen molar-refractivity contribution in [2.75, 3.05) is 6.61 Å². The Hall–Kier alpha value is -2.18. The molecule has 104 valence electrons. The number of hydrogen-bond donors (Lipinski definition) is 0. The third kappa shape index (κ3) is 3.18. The summed E-state index contributed by atoms with van der Waals surface area (Å²) in [6.07, 6.45) is 0.668. The summed E-state index contributed by atoms with van der Waals surface area (Å²) in [5.74, 6) is -0.576. The number of esters is 1. The van der Waals surface area contributed by atoms with Crippen LogP contribution < -0.4 is 5.56 Å². The lowest BCUT2D eigenvalue weighted by Gasteiger charge is -2.16. The Balaban J connectivity index is 3.19. The first-order valence-electron chi connectivity index (χ1n) is 5.93. The molecule has 1 unspecified atom stereocenters. The lowest BCUT2D eigenvalue weighted by Crippen LogP contribution is -2.31. The van der Waals surface area contributed by atoms with Gasteiger partial charge in [-0.15, -0.1) is 0 Å². The van der Waals surface area contributed by atoms with Crippen molar-refractivity contribution < 1.29 is 14.5 Å². The summed E-state index contributed by atoms with van der Waals surface area (Å²) in [6, 6.07) is 1.33. The molecule has 0 bridgehead atoms. The van der Waals surface area contributed by atoms with Gasteiger partial charge in [-0.05, 0) is 20.3 Å². The van der Waals surface area contributed by atoms with Crippen molar-refractivity contribution in [1.29, 1.82) is 0 Å². The lowest BCUT2D eigenvalue weighted by molar-refractivity contribution is -0.386. The van der Waals surface area contributed by atoms with E-state index < -0.39 is 22.5 Å². The van der Waals surface area contributed by atoms with Crippen LogP contribution in [0, 0.1) is 17.0 Å². The van der Waals surface area contributed by atoms with Gasteiger partial charge in [0.15, 0.2) is 0 Å². The standard InChI is InChI=1S/C12H16N2O5/c1-4-7-19-12(16)9(3)13-8(2)10(14(17)18)5-6-11(13)15/h5-6,9H,4,7H2,1-3H3. The zero-order chi connectivity index (χ0) is 14.6. The second-order valence-corrected chi connectivity index (χ2v) is 4.11. The second kappa shape index (κ2) is 6.12. The number of ether oxygens (including phenoxy) is 1. The van der Waals surface area contributed by atoms with Crippen LogP contribution in [0.3, 0.4) is 0 Å². The van der Waals surface area contributed by atoms with Crippen molar-refractivity contribution in [1.82, 2.24) is 4.57 Å².